The highest BCUT2D eigenvalue weighted by Gasteiger charge is 2.06. The Morgan fingerprint density at radius 3 is 2.89 bits per heavy atom. The predicted molar refractivity (Wildman–Crippen MR) is 68.1 cm³/mol. The molecule has 1 aromatic carbocycles. The first kappa shape index (κ1) is 11.8. The van der Waals surface area contributed by atoms with Crippen molar-refractivity contribution in [1.82, 2.24) is 4.98 Å². The van der Waals surface area contributed by atoms with E-state index in [1.165, 1.54) is 6.20 Å². The van der Waals surface area contributed by atoms with Gasteiger partial charge in [0.05, 0.1) is 17.2 Å². The van der Waals surface area contributed by atoms with Crippen molar-refractivity contribution in [1.29, 1.82) is 5.26 Å². The third-order valence-corrected chi connectivity index (χ3v) is 2.39. The monoisotopic (exact) mass is 237 g/mol. The third kappa shape index (κ3) is 2.71. The molecule has 1 amide bonds. The van der Waals surface area contributed by atoms with E-state index in [4.69, 9.17) is 5.26 Å². The molecule has 4 nitrogen and oxygen atoms in total. The number of hydrogen-bond acceptors (Lipinski definition) is 3. The van der Waals surface area contributed by atoms with E-state index < -0.39 is 0 Å². The van der Waals surface area contributed by atoms with Crippen LogP contribution >= 0.6 is 0 Å². The summed E-state index contributed by atoms with van der Waals surface area (Å²) in [6.07, 6.45) is 3.20. The summed E-state index contributed by atoms with van der Waals surface area (Å²) in [5.74, 6) is -0.235. The van der Waals surface area contributed by atoms with Crippen LogP contribution in [0.4, 0.5) is 5.69 Å². The molecule has 18 heavy (non-hydrogen) atoms. The number of aryl methyl sites for hydroxylation is 1. The van der Waals surface area contributed by atoms with Gasteiger partial charge >= 0.3 is 0 Å². The molecule has 0 aliphatic heterocycles. The van der Waals surface area contributed by atoms with Crippen LogP contribution < -0.4 is 5.32 Å². The fourth-order valence-corrected chi connectivity index (χ4v) is 1.55. The van der Waals surface area contributed by atoms with Crippen LogP contribution in [0.5, 0.6) is 0 Å². The van der Waals surface area contributed by atoms with E-state index in [0.29, 0.717) is 16.8 Å². The number of benzene rings is 1. The van der Waals surface area contributed by atoms with Gasteiger partial charge in [-0.1, -0.05) is 6.07 Å². The minimum absolute atomic E-state index is 0.235. The maximum absolute atomic E-state index is 11.9. The van der Waals surface area contributed by atoms with Gasteiger partial charge in [-0.2, -0.15) is 5.26 Å². The third-order valence-electron chi connectivity index (χ3n) is 2.39. The Morgan fingerprint density at radius 1 is 1.33 bits per heavy atom. The lowest BCUT2D eigenvalue weighted by Gasteiger charge is -2.05. The molecule has 2 aromatic rings. The Labute approximate surface area is 105 Å². The Bertz CT molecular complexity index is 629. The molecular weight excluding hydrogens is 226 g/mol. The molecule has 0 unspecified atom stereocenters. The largest absolute Gasteiger partial charge is 0.322 e. The second-order valence-electron chi connectivity index (χ2n) is 3.90. The van der Waals surface area contributed by atoms with Gasteiger partial charge < -0.3 is 5.32 Å². The molecule has 88 valence electrons. The zero-order chi connectivity index (χ0) is 13.0. The quantitative estimate of drug-likeness (QED) is 0.872. The Kier molecular flexibility index (Phi) is 3.35. The average Bonchev–Trinajstić information content (AvgIpc) is 2.39. The molecule has 0 fully saturated rings. The molecule has 0 atom stereocenters. The SMILES string of the molecule is Cc1cncc(C(=O)Nc2cccc(C#N)c2)c1. The van der Waals surface area contributed by atoms with Crippen molar-refractivity contribution >= 4 is 11.6 Å². The van der Waals surface area contributed by atoms with Crippen LogP contribution in [0, 0.1) is 18.3 Å². The van der Waals surface area contributed by atoms with Crippen molar-refractivity contribution in [3.63, 3.8) is 0 Å². The van der Waals surface area contributed by atoms with Gasteiger partial charge in [-0.15, -0.1) is 0 Å². The second kappa shape index (κ2) is 5.11. The zero-order valence-electron chi connectivity index (χ0n) is 9.84. The van der Waals surface area contributed by atoms with Gasteiger partial charge in [0.15, 0.2) is 0 Å². The molecule has 0 spiro atoms. The van der Waals surface area contributed by atoms with Crippen molar-refractivity contribution in [2.45, 2.75) is 6.92 Å². The summed E-state index contributed by atoms with van der Waals surface area (Å²) in [5.41, 5.74) is 2.53. The standard InChI is InChI=1S/C14H11N3O/c1-10-5-12(9-16-8-10)14(18)17-13-4-2-3-11(6-13)7-15/h2-6,8-9H,1H3,(H,17,18). The highest BCUT2D eigenvalue weighted by Crippen LogP contribution is 2.11. The molecule has 0 radical (unpaired) electrons. The topological polar surface area (TPSA) is 65.8 Å². The molecular formula is C14H11N3O. The van der Waals surface area contributed by atoms with Crippen molar-refractivity contribution in [2.75, 3.05) is 5.32 Å². The smallest absolute Gasteiger partial charge is 0.257 e. The molecule has 0 bridgehead atoms. The first-order valence-corrected chi connectivity index (χ1v) is 5.42. The summed E-state index contributed by atoms with van der Waals surface area (Å²) >= 11 is 0. The van der Waals surface area contributed by atoms with E-state index in [9.17, 15) is 4.79 Å². The van der Waals surface area contributed by atoms with Crippen LogP contribution in [0.25, 0.3) is 0 Å². The molecule has 0 saturated carbocycles. The molecule has 2 rings (SSSR count). The molecule has 1 N–H and O–H groups in total. The fraction of sp³-hybridized carbons (Fsp3) is 0.0714. The van der Waals surface area contributed by atoms with Gasteiger partial charge in [-0.05, 0) is 36.8 Å². The summed E-state index contributed by atoms with van der Waals surface area (Å²) in [4.78, 5) is 15.9. The van der Waals surface area contributed by atoms with E-state index in [1.54, 1.807) is 36.5 Å². The minimum atomic E-state index is -0.235. The number of nitrogens with zero attached hydrogens (tertiary/aromatic N) is 2. The lowest BCUT2D eigenvalue weighted by Crippen LogP contribution is -2.12. The number of carbonyl (C=O) groups excluding carboxylic acids is 1. The molecule has 1 aromatic heterocycles. The number of aromatic nitrogens is 1. The maximum Gasteiger partial charge on any atom is 0.257 e. The van der Waals surface area contributed by atoms with Crippen LogP contribution in [0.3, 0.4) is 0 Å². The molecule has 0 aliphatic rings. The highest BCUT2D eigenvalue weighted by atomic mass is 16.1. The van der Waals surface area contributed by atoms with Crippen LogP contribution in [-0.2, 0) is 0 Å². The lowest BCUT2D eigenvalue weighted by atomic mass is 10.2. The number of nitrogens with one attached hydrogen (secondary N) is 1. The highest BCUT2D eigenvalue weighted by molar-refractivity contribution is 6.04. The average molecular weight is 237 g/mol. The second-order valence-corrected chi connectivity index (χ2v) is 3.90. The van der Waals surface area contributed by atoms with Crippen LogP contribution in [0.15, 0.2) is 42.7 Å². The lowest BCUT2D eigenvalue weighted by molar-refractivity contribution is 0.102. The number of pyridine rings is 1. The molecule has 4 heteroatoms. The van der Waals surface area contributed by atoms with E-state index in [2.05, 4.69) is 10.3 Å². The number of hydrogen-bond donors (Lipinski definition) is 1. The number of rotatable bonds is 2. The maximum atomic E-state index is 11.9. The van der Waals surface area contributed by atoms with E-state index in [0.717, 1.165) is 5.56 Å². The van der Waals surface area contributed by atoms with Crippen molar-refractivity contribution < 1.29 is 4.79 Å². The Balaban J connectivity index is 2.19. The van der Waals surface area contributed by atoms with Gasteiger partial charge in [0.25, 0.3) is 5.91 Å². The number of nitriles is 1. The summed E-state index contributed by atoms with van der Waals surface area (Å²) in [6, 6.07) is 10.6. The minimum Gasteiger partial charge on any atom is -0.322 e. The van der Waals surface area contributed by atoms with Gasteiger partial charge in [0.2, 0.25) is 0 Å². The fourth-order valence-electron chi connectivity index (χ4n) is 1.55. The van der Waals surface area contributed by atoms with Crippen LogP contribution in [-0.4, -0.2) is 10.9 Å². The summed E-state index contributed by atoms with van der Waals surface area (Å²) in [5, 5.41) is 11.5. The normalized spacial score (nSPS) is 9.56. The van der Waals surface area contributed by atoms with Gasteiger partial charge in [-0.3, -0.25) is 9.78 Å². The predicted octanol–water partition coefficient (Wildman–Crippen LogP) is 2.51. The molecule has 0 aliphatic carbocycles. The van der Waals surface area contributed by atoms with E-state index in [1.807, 2.05) is 13.0 Å². The Morgan fingerprint density at radius 2 is 2.17 bits per heavy atom. The van der Waals surface area contributed by atoms with Gasteiger partial charge in [0.1, 0.15) is 0 Å². The van der Waals surface area contributed by atoms with Crippen LogP contribution in [0.2, 0.25) is 0 Å². The first-order valence-electron chi connectivity index (χ1n) is 5.42. The number of amides is 1. The van der Waals surface area contributed by atoms with Gasteiger partial charge in [0, 0.05) is 18.1 Å². The molecule has 1 heterocycles. The zero-order valence-corrected chi connectivity index (χ0v) is 9.84. The molecule has 0 saturated heterocycles. The first-order chi connectivity index (χ1) is 8.69. The Hall–Kier alpha value is -2.67. The summed E-state index contributed by atoms with van der Waals surface area (Å²) in [6.45, 7) is 1.88. The van der Waals surface area contributed by atoms with Crippen molar-refractivity contribution in [3.05, 3.63) is 59.4 Å². The van der Waals surface area contributed by atoms with Crippen molar-refractivity contribution in [2.24, 2.45) is 0 Å². The van der Waals surface area contributed by atoms with Crippen LogP contribution in [0.1, 0.15) is 21.5 Å². The number of carbonyl (C=O) groups is 1. The van der Waals surface area contributed by atoms with E-state index in [-0.39, 0.29) is 5.91 Å². The summed E-state index contributed by atoms with van der Waals surface area (Å²) in [7, 11) is 0. The van der Waals surface area contributed by atoms with Gasteiger partial charge in [-0.25, -0.2) is 0 Å². The van der Waals surface area contributed by atoms with Crippen molar-refractivity contribution in [3.8, 4) is 6.07 Å². The summed E-state index contributed by atoms with van der Waals surface area (Å²) < 4.78 is 0. The number of anilines is 1. The van der Waals surface area contributed by atoms with E-state index >= 15 is 0 Å².